The SMILES string of the molecule is Nc1nc(SCC(=O)Nc2cccc(F)c2)[nH]c(=O)c1NC(=O)c1ccc(Br)o1. The van der Waals surface area contributed by atoms with E-state index in [1.807, 2.05) is 0 Å². The third-order valence-electron chi connectivity index (χ3n) is 3.41. The molecule has 150 valence electrons. The molecule has 29 heavy (non-hydrogen) atoms. The zero-order valence-electron chi connectivity index (χ0n) is 14.5. The van der Waals surface area contributed by atoms with Gasteiger partial charge in [-0.25, -0.2) is 9.37 Å². The van der Waals surface area contributed by atoms with Crippen molar-refractivity contribution in [3.05, 3.63) is 63.0 Å². The maximum Gasteiger partial charge on any atom is 0.291 e. The Labute approximate surface area is 175 Å². The molecule has 1 aromatic carbocycles. The highest BCUT2D eigenvalue weighted by Crippen LogP contribution is 2.19. The Morgan fingerprint density at radius 2 is 2.07 bits per heavy atom. The summed E-state index contributed by atoms with van der Waals surface area (Å²) in [5.41, 5.74) is 5.13. The summed E-state index contributed by atoms with van der Waals surface area (Å²) in [7, 11) is 0. The summed E-state index contributed by atoms with van der Waals surface area (Å²) < 4.78 is 18.6. The first-order valence-corrected chi connectivity index (χ1v) is 9.74. The lowest BCUT2D eigenvalue weighted by Crippen LogP contribution is -2.23. The van der Waals surface area contributed by atoms with Gasteiger partial charge in [0.15, 0.2) is 27.1 Å². The lowest BCUT2D eigenvalue weighted by molar-refractivity contribution is -0.113. The van der Waals surface area contributed by atoms with Crippen LogP contribution in [0.5, 0.6) is 0 Å². The van der Waals surface area contributed by atoms with Crippen LogP contribution >= 0.6 is 27.7 Å². The van der Waals surface area contributed by atoms with Gasteiger partial charge in [0.25, 0.3) is 11.5 Å². The van der Waals surface area contributed by atoms with E-state index in [1.54, 1.807) is 6.07 Å². The highest BCUT2D eigenvalue weighted by atomic mass is 79.9. The number of aromatic amines is 1. The first-order valence-electron chi connectivity index (χ1n) is 7.96. The fourth-order valence-electron chi connectivity index (χ4n) is 2.17. The molecule has 0 aliphatic rings. The Balaban J connectivity index is 1.63. The van der Waals surface area contributed by atoms with E-state index in [0.717, 1.165) is 11.8 Å². The predicted octanol–water partition coefficient (Wildman–Crippen LogP) is 2.83. The average molecular weight is 482 g/mol. The summed E-state index contributed by atoms with van der Waals surface area (Å²) in [5.74, 6) is -1.93. The number of nitrogens with one attached hydrogen (secondary N) is 3. The number of nitrogens with zero attached hydrogens (tertiary/aromatic N) is 1. The van der Waals surface area contributed by atoms with Crippen molar-refractivity contribution in [2.45, 2.75) is 5.16 Å². The van der Waals surface area contributed by atoms with Crippen LogP contribution in [0.4, 0.5) is 21.6 Å². The quantitative estimate of drug-likeness (QED) is 0.313. The molecule has 2 heterocycles. The van der Waals surface area contributed by atoms with Gasteiger partial charge in [-0.15, -0.1) is 0 Å². The van der Waals surface area contributed by atoms with Gasteiger partial charge in [0.1, 0.15) is 5.82 Å². The normalized spacial score (nSPS) is 10.6. The Bertz CT molecular complexity index is 1130. The van der Waals surface area contributed by atoms with Gasteiger partial charge in [0.05, 0.1) is 5.75 Å². The van der Waals surface area contributed by atoms with Gasteiger partial charge >= 0.3 is 0 Å². The van der Waals surface area contributed by atoms with Crippen LogP contribution < -0.4 is 21.9 Å². The molecule has 5 N–H and O–H groups in total. The van der Waals surface area contributed by atoms with Gasteiger partial charge < -0.3 is 20.8 Å². The summed E-state index contributed by atoms with van der Waals surface area (Å²) in [4.78, 5) is 42.7. The predicted molar refractivity (Wildman–Crippen MR) is 109 cm³/mol. The standard InChI is InChI=1S/C17H13BrFN5O4S/c18-11-5-4-10(28-11)15(26)22-13-14(20)23-17(24-16(13)27)29-7-12(25)21-9-3-1-2-8(19)6-9/h1-6H,7H2,(H,21,25)(H,22,26)(H3,20,23,24,27). The molecule has 0 saturated heterocycles. The molecule has 0 spiro atoms. The van der Waals surface area contributed by atoms with Crippen molar-refractivity contribution >= 4 is 56.7 Å². The van der Waals surface area contributed by atoms with E-state index in [0.29, 0.717) is 10.4 Å². The number of carbonyl (C=O) groups is 2. The number of thioether (sulfide) groups is 1. The minimum Gasteiger partial charge on any atom is -0.444 e. The number of nitrogen functional groups attached to an aromatic ring is 1. The lowest BCUT2D eigenvalue weighted by atomic mass is 10.3. The van der Waals surface area contributed by atoms with E-state index < -0.39 is 23.2 Å². The van der Waals surface area contributed by atoms with Crippen molar-refractivity contribution in [1.82, 2.24) is 9.97 Å². The molecular formula is C17H13BrFN5O4S. The third kappa shape index (κ3) is 5.45. The molecule has 0 unspecified atom stereocenters. The van der Waals surface area contributed by atoms with E-state index in [9.17, 15) is 18.8 Å². The number of aromatic nitrogens is 2. The largest absolute Gasteiger partial charge is 0.444 e. The highest BCUT2D eigenvalue weighted by molar-refractivity contribution is 9.10. The highest BCUT2D eigenvalue weighted by Gasteiger charge is 2.17. The molecule has 12 heteroatoms. The van der Waals surface area contributed by atoms with Gasteiger partial charge in [-0.05, 0) is 46.3 Å². The number of carbonyl (C=O) groups excluding carboxylic acids is 2. The molecule has 2 aromatic heterocycles. The zero-order chi connectivity index (χ0) is 21.0. The maximum atomic E-state index is 13.1. The maximum absolute atomic E-state index is 13.1. The third-order valence-corrected chi connectivity index (χ3v) is 4.71. The van der Waals surface area contributed by atoms with Crippen molar-refractivity contribution in [1.29, 1.82) is 0 Å². The Hall–Kier alpha value is -3.12. The summed E-state index contributed by atoms with van der Waals surface area (Å²) in [6, 6.07) is 8.38. The molecule has 9 nitrogen and oxygen atoms in total. The smallest absolute Gasteiger partial charge is 0.291 e. The number of hydrogen-bond acceptors (Lipinski definition) is 7. The van der Waals surface area contributed by atoms with Crippen LogP contribution in [0.15, 0.2) is 55.4 Å². The summed E-state index contributed by atoms with van der Waals surface area (Å²) in [5, 5.41) is 4.93. The summed E-state index contributed by atoms with van der Waals surface area (Å²) in [6.07, 6.45) is 0. The first kappa shape index (κ1) is 20.6. The molecule has 3 rings (SSSR count). The van der Waals surface area contributed by atoms with Gasteiger partial charge in [-0.3, -0.25) is 19.4 Å². The van der Waals surface area contributed by atoms with Crippen LogP contribution in [-0.4, -0.2) is 27.5 Å². The molecule has 0 fully saturated rings. The van der Waals surface area contributed by atoms with Gasteiger partial charge in [0.2, 0.25) is 5.91 Å². The number of amides is 2. The van der Waals surface area contributed by atoms with Gasteiger partial charge in [-0.1, -0.05) is 17.8 Å². The number of H-pyrrole nitrogens is 1. The second-order valence-corrected chi connectivity index (χ2v) is 7.28. The van der Waals surface area contributed by atoms with Crippen LogP contribution in [-0.2, 0) is 4.79 Å². The van der Waals surface area contributed by atoms with E-state index in [2.05, 4.69) is 36.5 Å². The van der Waals surface area contributed by atoms with Crippen LogP contribution in [0.25, 0.3) is 0 Å². The van der Waals surface area contributed by atoms with Crippen molar-refractivity contribution < 1.29 is 18.4 Å². The topological polar surface area (TPSA) is 143 Å². The molecule has 0 aliphatic heterocycles. The average Bonchev–Trinajstić information content (AvgIpc) is 3.09. The Kier molecular flexibility index (Phi) is 6.34. The fraction of sp³-hybridized carbons (Fsp3) is 0.0588. The number of halogens is 2. The zero-order valence-corrected chi connectivity index (χ0v) is 16.9. The molecule has 2 amide bonds. The molecule has 0 radical (unpaired) electrons. The summed E-state index contributed by atoms with van der Waals surface area (Å²) in [6.45, 7) is 0. The minimum absolute atomic E-state index is 0.0249. The number of nitrogens with two attached hydrogens (primary N) is 1. The van der Waals surface area contributed by atoms with Crippen molar-refractivity contribution in [2.24, 2.45) is 0 Å². The number of benzene rings is 1. The van der Waals surface area contributed by atoms with Crippen LogP contribution in [0.3, 0.4) is 0 Å². The van der Waals surface area contributed by atoms with E-state index in [1.165, 1.54) is 30.3 Å². The Morgan fingerprint density at radius 1 is 1.28 bits per heavy atom. The molecule has 0 saturated carbocycles. The molecular weight excluding hydrogens is 469 g/mol. The van der Waals surface area contributed by atoms with Crippen molar-refractivity contribution in [3.63, 3.8) is 0 Å². The number of rotatable bonds is 6. The Morgan fingerprint density at radius 3 is 2.72 bits per heavy atom. The molecule has 3 aromatic rings. The number of hydrogen-bond donors (Lipinski definition) is 4. The van der Waals surface area contributed by atoms with Crippen LogP contribution in [0.1, 0.15) is 10.6 Å². The molecule has 0 bridgehead atoms. The van der Waals surface area contributed by atoms with Crippen molar-refractivity contribution in [2.75, 3.05) is 22.1 Å². The van der Waals surface area contributed by atoms with Crippen molar-refractivity contribution in [3.8, 4) is 0 Å². The monoisotopic (exact) mass is 481 g/mol. The first-order chi connectivity index (χ1) is 13.8. The second-order valence-electron chi connectivity index (χ2n) is 5.54. The van der Waals surface area contributed by atoms with E-state index in [-0.39, 0.29) is 28.2 Å². The van der Waals surface area contributed by atoms with Crippen LogP contribution in [0.2, 0.25) is 0 Å². The molecule has 0 aliphatic carbocycles. The fourth-order valence-corrected chi connectivity index (χ4v) is 3.14. The number of furan rings is 1. The molecule has 0 atom stereocenters. The van der Waals surface area contributed by atoms with E-state index >= 15 is 0 Å². The second kappa shape index (κ2) is 8.92. The summed E-state index contributed by atoms with van der Waals surface area (Å²) >= 11 is 3.99. The minimum atomic E-state index is -0.690. The lowest BCUT2D eigenvalue weighted by Gasteiger charge is -2.08. The van der Waals surface area contributed by atoms with Gasteiger partial charge in [-0.2, -0.15) is 0 Å². The number of anilines is 3. The van der Waals surface area contributed by atoms with Gasteiger partial charge in [0, 0.05) is 5.69 Å². The van der Waals surface area contributed by atoms with Crippen LogP contribution in [0, 0.1) is 5.82 Å². The van der Waals surface area contributed by atoms with E-state index in [4.69, 9.17) is 10.2 Å².